The average Bonchev–Trinajstić information content (AvgIpc) is 2.47. The second-order valence-corrected chi connectivity index (χ2v) is 5.23. The molecule has 0 aromatic heterocycles. The van der Waals surface area contributed by atoms with E-state index in [-0.39, 0.29) is 25.5 Å². The van der Waals surface area contributed by atoms with Crippen LogP contribution in [-0.2, 0) is 21.0 Å². The number of hydrogen-bond acceptors (Lipinski definition) is 4. The van der Waals surface area contributed by atoms with Crippen LogP contribution in [0.25, 0.3) is 0 Å². The van der Waals surface area contributed by atoms with Crippen molar-refractivity contribution >= 4 is 11.8 Å². The summed E-state index contributed by atoms with van der Waals surface area (Å²) in [4.78, 5) is 29.4. The van der Waals surface area contributed by atoms with Gasteiger partial charge in [-0.2, -0.15) is 5.26 Å². The number of nitrogens with two attached hydrogens (primary N) is 1. The van der Waals surface area contributed by atoms with Gasteiger partial charge in [0.2, 0.25) is 5.91 Å². The Bertz CT molecular complexity index is 537. The number of hydroxylamine groups is 2. The molecule has 1 atom stereocenters. The second-order valence-electron chi connectivity index (χ2n) is 5.23. The van der Waals surface area contributed by atoms with Gasteiger partial charge < -0.3 is 5.73 Å². The van der Waals surface area contributed by atoms with Crippen molar-refractivity contribution in [2.75, 3.05) is 6.54 Å². The van der Waals surface area contributed by atoms with Crippen molar-refractivity contribution < 1.29 is 14.4 Å². The molecular weight excluding hydrogens is 282 g/mol. The fraction of sp³-hybridized carbons (Fsp3) is 0.438. The first kappa shape index (κ1) is 17.7. The van der Waals surface area contributed by atoms with Crippen LogP contribution in [0.1, 0.15) is 25.8 Å². The van der Waals surface area contributed by atoms with E-state index in [0.29, 0.717) is 0 Å². The van der Waals surface area contributed by atoms with Gasteiger partial charge in [0, 0.05) is 0 Å². The number of carbonyl (C=O) groups is 2. The van der Waals surface area contributed by atoms with E-state index in [1.807, 2.05) is 36.4 Å². The van der Waals surface area contributed by atoms with Crippen LogP contribution in [0.4, 0.5) is 0 Å². The summed E-state index contributed by atoms with van der Waals surface area (Å²) < 4.78 is 0. The summed E-state index contributed by atoms with van der Waals surface area (Å²) in [5, 5.41) is 9.78. The van der Waals surface area contributed by atoms with Crippen LogP contribution < -0.4 is 5.73 Å². The first-order valence-electron chi connectivity index (χ1n) is 7.11. The van der Waals surface area contributed by atoms with E-state index in [4.69, 9.17) is 15.8 Å². The van der Waals surface area contributed by atoms with Gasteiger partial charge in [-0.15, -0.1) is 0 Å². The summed E-state index contributed by atoms with van der Waals surface area (Å²) in [6.45, 7) is 3.76. The fourth-order valence-corrected chi connectivity index (χ4v) is 2.01. The molecule has 0 saturated heterocycles. The number of primary amides is 1. The monoisotopic (exact) mass is 303 g/mol. The lowest BCUT2D eigenvalue weighted by Gasteiger charge is -2.26. The minimum absolute atomic E-state index is 0.0959. The van der Waals surface area contributed by atoms with E-state index < -0.39 is 17.7 Å². The van der Waals surface area contributed by atoms with Crippen LogP contribution in [0.2, 0.25) is 0 Å². The SMILES string of the molecule is CC(C)C(C(N)=O)C(=O)N(CCC#N)OCc1ccccc1. The summed E-state index contributed by atoms with van der Waals surface area (Å²) in [5.74, 6) is -2.40. The lowest BCUT2D eigenvalue weighted by molar-refractivity contribution is -0.197. The highest BCUT2D eigenvalue weighted by Crippen LogP contribution is 2.16. The molecule has 0 heterocycles. The molecule has 0 aliphatic carbocycles. The van der Waals surface area contributed by atoms with Gasteiger partial charge in [-0.3, -0.25) is 14.4 Å². The Morgan fingerprint density at radius 3 is 2.45 bits per heavy atom. The van der Waals surface area contributed by atoms with Crippen molar-refractivity contribution in [2.24, 2.45) is 17.6 Å². The first-order valence-corrected chi connectivity index (χ1v) is 7.11. The topological polar surface area (TPSA) is 96.4 Å². The molecule has 22 heavy (non-hydrogen) atoms. The highest BCUT2D eigenvalue weighted by Gasteiger charge is 2.32. The number of hydrogen-bond donors (Lipinski definition) is 1. The highest BCUT2D eigenvalue weighted by atomic mass is 16.7. The van der Waals surface area contributed by atoms with E-state index in [0.717, 1.165) is 10.6 Å². The number of carbonyl (C=O) groups excluding carboxylic acids is 2. The largest absolute Gasteiger partial charge is 0.369 e. The molecular formula is C16H21N3O3. The number of nitriles is 1. The molecule has 2 N–H and O–H groups in total. The van der Waals surface area contributed by atoms with Gasteiger partial charge >= 0.3 is 0 Å². The fourth-order valence-electron chi connectivity index (χ4n) is 2.01. The Kier molecular flexibility index (Phi) is 7.06. The number of rotatable bonds is 8. The zero-order chi connectivity index (χ0) is 16.5. The molecule has 0 saturated carbocycles. The lowest BCUT2D eigenvalue weighted by atomic mass is 9.94. The molecule has 1 aromatic rings. The summed E-state index contributed by atoms with van der Waals surface area (Å²) in [6.07, 6.45) is 0.115. The molecule has 0 spiro atoms. The Morgan fingerprint density at radius 2 is 1.95 bits per heavy atom. The Labute approximate surface area is 130 Å². The van der Waals surface area contributed by atoms with Gasteiger partial charge in [0.25, 0.3) is 5.91 Å². The molecule has 0 bridgehead atoms. The van der Waals surface area contributed by atoms with Crippen molar-refractivity contribution in [3.05, 3.63) is 35.9 Å². The van der Waals surface area contributed by atoms with E-state index >= 15 is 0 Å². The van der Waals surface area contributed by atoms with Crippen LogP contribution in [0.15, 0.2) is 30.3 Å². The van der Waals surface area contributed by atoms with Crippen LogP contribution in [0.5, 0.6) is 0 Å². The number of amides is 2. The zero-order valence-electron chi connectivity index (χ0n) is 12.9. The van der Waals surface area contributed by atoms with E-state index in [9.17, 15) is 9.59 Å². The zero-order valence-corrected chi connectivity index (χ0v) is 12.9. The quantitative estimate of drug-likeness (QED) is 0.583. The summed E-state index contributed by atoms with van der Waals surface area (Å²) >= 11 is 0. The Hall–Kier alpha value is -2.39. The molecule has 6 nitrogen and oxygen atoms in total. The molecule has 1 rings (SSSR count). The van der Waals surface area contributed by atoms with Gasteiger partial charge in [-0.25, -0.2) is 5.06 Å². The molecule has 118 valence electrons. The minimum atomic E-state index is -0.963. The standard InChI is InChI=1S/C16H21N3O3/c1-12(2)14(15(18)20)16(21)19(10-6-9-17)22-11-13-7-4-3-5-8-13/h3-5,7-8,12,14H,6,10-11H2,1-2H3,(H2,18,20). The molecule has 6 heteroatoms. The summed E-state index contributed by atoms with van der Waals surface area (Å²) in [5.41, 5.74) is 6.19. The molecule has 0 fully saturated rings. The maximum absolute atomic E-state index is 12.4. The Balaban J connectivity index is 2.80. The third-order valence-electron chi connectivity index (χ3n) is 3.14. The van der Waals surface area contributed by atoms with Gasteiger partial charge in [0.15, 0.2) is 0 Å². The molecule has 1 aromatic carbocycles. The van der Waals surface area contributed by atoms with Crippen molar-refractivity contribution in [1.29, 1.82) is 5.26 Å². The van der Waals surface area contributed by atoms with E-state index in [2.05, 4.69) is 0 Å². The van der Waals surface area contributed by atoms with E-state index in [1.54, 1.807) is 13.8 Å². The second kappa shape index (κ2) is 8.80. The smallest absolute Gasteiger partial charge is 0.258 e. The van der Waals surface area contributed by atoms with Crippen LogP contribution in [0.3, 0.4) is 0 Å². The maximum atomic E-state index is 12.4. The predicted octanol–water partition coefficient (Wildman–Crippen LogP) is 1.62. The number of nitrogens with zero attached hydrogens (tertiary/aromatic N) is 2. The maximum Gasteiger partial charge on any atom is 0.258 e. The first-order chi connectivity index (χ1) is 10.5. The van der Waals surface area contributed by atoms with Crippen molar-refractivity contribution in [1.82, 2.24) is 5.06 Å². The van der Waals surface area contributed by atoms with Gasteiger partial charge in [-0.1, -0.05) is 44.2 Å². The summed E-state index contributed by atoms with van der Waals surface area (Å²) in [6, 6.07) is 11.3. The molecule has 0 aliphatic rings. The van der Waals surface area contributed by atoms with Crippen LogP contribution in [0, 0.1) is 23.2 Å². The Morgan fingerprint density at radius 1 is 1.32 bits per heavy atom. The van der Waals surface area contributed by atoms with Gasteiger partial charge in [-0.05, 0) is 11.5 Å². The number of benzene rings is 1. The third kappa shape index (κ3) is 5.19. The molecule has 0 aliphatic heterocycles. The van der Waals surface area contributed by atoms with Gasteiger partial charge in [0.05, 0.1) is 19.0 Å². The highest BCUT2D eigenvalue weighted by molar-refractivity contribution is 5.99. The molecule has 2 amide bonds. The normalized spacial score (nSPS) is 11.7. The minimum Gasteiger partial charge on any atom is -0.369 e. The van der Waals surface area contributed by atoms with Crippen LogP contribution in [-0.4, -0.2) is 23.4 Å². The molecule has 0 radical (unpaired) electrons. The predicted molar refractivity (Wildman–Crippen MR) is 80.7 cm³/mol. The average molecular weight is 303 g/mol. The van der Waals surface area contributed by atoms with E-state index in [1.165, 1.54) is 0 Å². The van der Waals surface area contributed by atoms with Crippen LogP contribution >= 0.6 is 0 Å². The summed E-state index contributed by atoms with van der Waals surface area (Å²) in [7, 11) is 0. The van der Waals surface area contributed by atoms with Crippen molar-refractivity contribution in [3.8, 4) is 6.07 Å². The third-order valence-corrected chi connectivity index (χ3v) is 3.14. The molecule has 1 unspecified atom stereocenters. The lowest BCUT2D eigenvalue weighted by Crippen LogP contribution is -2.44. The van der Waals surface area contributed by atoms with Gasteiger partial charge in [0.1, 0.15) is 12.5 Å². The van der Waals surface area contributed by atoms with Crippen molar-refractivity contribution in [3.63, 3.8) is 0 Å². The van der Waals surface area contributed by atoms with Crippen molar-refractivity contribution in [2.45, 2.75) is 26.9 Å².